The van der Waals surface area contributed by atoms with Crippen molar-refractivity contribution in [3.8, 4) is 5.75 Å². The van der Waals surface area contributed by atoms with Crippen LogP contribution < -0.4 is 10.5 Å². The number of hydrogen-bond acceptors (Lipinski definition) is 4. The minimum absolute atomic E-state index is 0.0703. The largest absolute Gasteiger partial charge is 0.468 e. The van der Waals surface area contributed by atoms with Gasteiger partial charge in [-0.2, -0.15) is 0 Å². The molecule has 0 spiro atoms. The summed E-state index contributed by atoms with van der Waals surface area (Å²) in [4.78, 5) is 25.7. The average molecular weight is 332 g/mol. The fourth-order valence-corrected chi connectivity index (χ4v) is 3.39. The Bertz CT molecular complexity index is 594. The van der Waals surface area contributed by atoms with Gasteiger partial charge in [0, 0.05) is 32.0 Å². The molecule has 1 aromatic carbocycles. The highest BCUT2D eigenvalue weighted by atomic mass is 16.7. The van der Waals surface area contributed by atoms with E-state index in [0.717, 1.165) is 12.2 Å². The van der Waals surface area contributed by atoms with Gasteiger partial charge in [0.1, 0.15) is 5.75 Å². The predicted octanol–water partition coefficient (Wildman–Crippen LogP) is 1.50. The molecule has 2 atom stereocenters. The van der Waals surface area contributed by atoms with Gasteiger partial charge in [-0.05, 0) is 42.9 Å². The van der Waals surface area contributed by atoms with Gasteiger partial charge in [0.15, 0.2) is 6.79 Å². The number of nitrogens with zero attached hydrogens (tertiary/aromatic N) is 1. The number of carbonyl (C=O) groups excluding carboxylic acids is 2. The number of hydrogen-bond donors (Lipinski definition) is 1. The molecule has 3 rings (SSSR count). The van der Waals surface area contributed by atoms with Crippen LogP contribution in [0.25, 0.3) is 0 Å². The van der Waals surface area contributed by atoms with Gasteiger partial charge < -0.3 is 20.1 Å². The monoisotopic (exact) mass is 332 g/mol. The molecule has 2 aliphatic rings. The number of piperidine rings is 1. The second kappa shape index (κ2) is 7.21. The van der Waals surface area contributed by atoms with Crippen molar-refractivity contribution in [3.05, 3.63) is 29.8 Å². The third-order valence-electron chi connectivity index (χ3n) is 4.97. The van der Waals surface area contributed by atoms with E-state index < -0.39 is 0 Å². The summed E-state index contributed by atoms with van der Waals surface area (Å²) >= 11 is 0. The Morgan fingerprint density at radius 2 is 1.88 bits per heavy atom. The zero-order valence-corrected chi connectivity index (χ0v) is 13.9. The molecule has 0 aromatic heterocycles. The maximum Gasteiger partial charge on any atom is 0.226 e. The predicted molar refractivity (Wildman–Crippen MR) is 88.3 cm³/mol. The summed E-state index contributed by atoms with van der Waals surface area (Å²) in [5.74, 6) is 1.01. The summed E-state index contributed by atoms with van der Waals surface area (Å²) in [6, 6.07) is 7.85. The van der Waals surface area contributed by atoms with Crippen molar-refractivity contribution in [1.29, 1.82) is 0 Å². The van der Waals surface area contributed by atoms with Crippen LogP contribution >= 0.6 is 0 Å². The fraction of sp³-hybridized carbons (Fsp3) is 0.556. The van der Waals surface area contributed by atoms with Crippen LogP contribution in [0.2, 0.25) is 0 Å². The van der Waals surface area contributed by atoms with Crippen LogP contribution in [0.15, 0.2) is 24.3 Å². The zero-order chi connectivity index (χ0) is 17.1. The van der Waals surface area contributed by atoms with Crippen LogP contribution in [-0.4, -0.2) is 43.7 Å². The quantitative estimate of drug-likeness (QED) is 0.800. The molecule has 6 heteroatoms. The summed E-state index contributed by atoms with van der Waals surface area (Å²) in [7, 11) is 1.58. The Hall–Kier alpha value is -2.08. The van der Waals surface area contributed by atoms with Crippen molar-refractivity contribution >= 4 is 11.8 Å². The molecular formula is C18H24N2O4. The summed E-state index contributed by atoms with van der Waals surface area (Å²) in [6.45, 7) is 1.50. The Balaban J connectivity index is 1.51. The number of amides is 2. The molecule has 0 bridgehead atoms. The third-order valence-corrected chi connectivity index (χ3v) is 4.97. The molecule has 2 fully saturated rings. The third kappa shape index (κ3) is 3.70. The van der Waals surface area contributed by atoms with Crippen LogP contribution in [0.5, 0.6) is 5.75 Å². The van der Waals surface area contributed by atoms with Crippen LogP contribution in [0.4, 0.5) is 0 Å². The Labute approximate surface area is 141 Å². The number of likely N-dealkylation sites (tertiary alicyclic amines) is 1. The van der Waals surface area contributed by atoms with E-state index in [4.69, 9.17) is 15.2 Å². The first-order valence-electron chi connectivity index (χ1n) is 8.40. The molecule has 1 aromatic rings. The first kappa shape index (κ1) is 16.8. The highest BCUT2D eigenvalue weighted by molar-refractivity contribution is 5.83. The van der Waals surface area contributed by atoms with Gasteiger partial charge in [-0.3, -0.25) is 9.59 Å². The van der Waals surface area contributed by atoms with E-state index >= 15 is 0 Å². The Kier molecular flexibility index (Phi) is 5.04. The highest BCUT2D eigenvalue weighted by Gasteiger charge is 2.46. The van der Waals surface area contributed by atoms with Gasteiger partial charge in [0.25, 0.3) is 0 Å². The van der Waals surface area contributed by atoms with E-state index in [1.54, 1.807) is 7.11 Å². The second-order valence-corrected chi connectivity index (χ2v) is 6.57. The van der Waals surface area contributed by atoms with E-state index in [-0.39, 0.29) is 30.4 Å². The van der Waals surface area contributed by atoms with Crippen LogP contribution in [0.1, 0.15) is 30.7 Å². The van der Waals surface area contributed by atoms with Gasteiger partial charge in [-0.1, -0.05) is 12.1 Å². The smallest absolute Gasteiger partial charge is 0.226 e. The standard InChI is InChI=1S/C18H24N2O4/c1-23-11-24-14-4-2-12(3-5-14)15-10-16(15)18(22)20-8-6-13(7-9-20)17(19)21/h2-5,13,15-16H,6-11H2,1H3,(H2,19,21). The summed E-state index contributed by atoms with van der Waals surface area (Å²) in [6.07, 6.45) is 2.26. The minimum Gasteiger partial charge on any atom is -0.468 e. The average Bonchev–Trinajstić information content (AvgIpc) is 3.40. The van der Waals surface area contributed by atoms with E-state index in [1.165, 1.54) is 5.56 Å². The highest BCUT2D eigenvalue weighted by Crippen LogP contribution is 2.49. The lowest BCUT2D eigenvalue weighted by atomic mass is 9.96. The maximum atomic E-state index is 12.6. The maximum absolute atomic E-state index is 12.6. The van der Waals surface area contributed by atoms with Crippen molar-refractivity contribution in [3.63, 3.8) is 0 Å². The van der Waals surface area contributed by atoms with Gasteiger partial charge >= 0.3 is 0 Å². The number of benzene rings is 1. The number of carbonyl (C=O) groups is 2. The van der Waals surface area contributed by atoms with Gasteiger partial charge in [-0.25, -0.2) is 0 Å². The van der Waals surface area contributed by atoms with E-state index in [2.05, 4.69) is 0 Å². The lowest BCUT2D eigenvalue weighted by Crippen LogP contribution is -2.42. The van der Waals surface area contributed by atoms with Crippen molar-refractivity contribution in [2.24, 2.45) is 17.6 Å². The topological polar surface area (TPSA) is 81.9 Å². The van der Waals surface area contributed by atoms with Crippen LogP contribution in [0.3, 0.4) is 0 Å². The Morgan fingerprint density at radius 3 is 2.46 bits per heavy atom. The molecule has 2 N–H and O–H groups in total. The molecular weight excluding hydrogens is 308 g/mol. The van der Waals surface area contributed by atoms with Gasteiger partial charge in [-0.15, -0.1) is 0 Å². The lowest BCUT2D eigenvalue weighted by Gasteiger charge is -2.30. The Morgan fingerprint density at radius 1 is 1.21 bits per heavy atom. The fourth-order valence-electron chi connectivity index (χ4n) is 3.39. The molecule has 130 valence electrons. The van der Waals surface area contributed by atoms with Gasteiger partial charge in [0.05, 0.1) is 0 Å². The summed E-state index contributed by atoms with van der Waals surface area (Å²) < 4.78 is 10.2. The SMILES string of the molecule is COCOc1ccc(C2CC2C(=O)N2CCC(C(N)=O)CC2)cc1. The van der Waals surface area contributed by atoms with E-state index in [0.29, 0.717) is 31.8 Å². The molecule has 1 aliphatic heterocycles. The van der Waals surface area contributed by atoms with Crippen molar-refractivity contribution < 1.29 is 19.1 Å². The minimum atomic E-state index is -0.248. The van der Waals surface area contributed by atoms with Gasteiger partial charge in [0.2, 0.25) is 11.8 Å². The molecule has 24 heavy (non-hydrogen) atoms. The molecule has 1 heterocycles. The number of primary amides is 1. The molecule has 2 unspecified atom stereocenters. The summed E-state index contributed by atoms with van der Waals surface area (Å²) in [5, 5.41) is 0. The molecule has 1 aliphatic carbocycles. The van der Waals surface area contributed by atoms with Crippen LogP contribution in [-0.2, 0) is 14.3 Å². The first-order valence-corrected chi connectivity index (χ1v) is 8.40. The molecule has 2 amide bonds. The normalized spacial score (nSPS) is 23.8. The first-order chi connectivity index (χ1) is 11.6. The zero-order valence-electron chi connectivity index (χ0n) is 13.9. The molecule has 1 saturated carbocycles. The van der Waals surface area contributed by atoms with E-state index in [1.807, 2.05) is 29.2 Å². The number of methoxy groups -OCH3 is 1. The van der Waals surface area contributed by atoms with E-state index in [9.17, 15) is 9.59 Å². The van der Waals surface area contributed by atoms with Crippen molar-refractivity contribution in [2.75, 3.05) is 27.0 Å². The number of rotatable bonds is 6. The summed E-state index contributed by atoms with van der Waals surface area (Å²) in [5.41, 5.74) is 6.51. The van der Waals surface area contributed by atoms with Crippen molar-refractivity contribution in [2.45, 2.75) is 25.2 Å². The second-order valence-electron chi connectivity index (χ2n) is 6.57. The number of nitrogens with two attached hydrogens (primary N) is 1. The van der Waals surface area contributed by atoms with Crippen LogP contribution in [0, 0.1) is 11.8 Å². The molecule has 1 saturated heterocycles. The number of ether oxygens (including phenoxy) is 2. The molecule has 6 nitrogen and oxygen atoms in total. The lowest BCUT2D eigenvalue weighted by molar-refractivity contribution is -0.136. The van der Waals surface area contributed by atoms with Crippen molar-refractivity contribution in [1.82, 2.24) is 4.90 Å². The molecule has 0 radical (unpaired) electrons.